The van der Waals surface area contributed by atoms with Crippen molar-refractivity contribution in [2.75, 3.05) is 18.9 Å². The van der Waals surface area contributed by atoms with Crippen LogP contribution in [0.25, 0.3) is 0 Å². The average Bonchev–Trinajstić information content (AvgIpc) is 2.53. The van der Waals surface area contributed by atoms with Gasteiger partial charge in [-0.05, 0) is 24.3 Å². The summed E-state index contributed by atoms with van der Waals surface area (Å²) in [5.41, 5.74) is -0.553. The van der Waals surface area contributed by atoms with Gasteiger partial charge in [-0.2, -0.15) is 0 Å². The smallest absolute Gasteiger partial charge is 0.338 e. The number of rotatable bonds is 6. The van der Waals surface area contributed by atoms with Gasteiger partial charge in [0.1, 0.15) is 22.1 Å². The fourth-order valence-corrected chi connectivity index (χ4v) is 4.16. The second-order valence-corrected chi connectivity index (χ2v) is 7.71. The molecule has 0 aliphatic heterocycles. The van der Waals surface area contributed by atoms with Gasteiger partial charge in [-0.1, -0.05) is 27.5 Å². The molecule has 0 aliphatic rings. The number of benzene rings is 2. The van der Waals surface area contributed by atoms with E-state index in [4.69, 9.17) is 21.1 Å². The number of nitrogens with one attached hydrogen (secondary N) is 1. The standard InChI is InChI=1S/C15H13BrClNO6S/c1-23-9-6-10(15(19)20)14(12(7-9)24-2)18-25(21,22)13-4-3-8(16)5-11(13)17/h3-7,18H,1-2H3,(H,19,20). The number of aromatic carboxylic acids is 1. The summed E-state index contributed by atoms with van der Waals surface area (Å²) < 4.78 is 38.2. The Bertz CT molecular complexity index is 932. The summed E-state index contributed by atoms with van der Waals surface area (Å²) in [5, 5.41) is 9.36. The van der Waals surface area contributed by atoms with Crippen molar-refractivity contribution < 1.29 is 27.8 Å². The summed E-state index contributed by atoms with van der Waals surface area (Å²) in [6, 6.07) is 6.77. The molecule has 2 aromatic carbocycles. The van der Waals surface area contributed by atoms with Crippen LogP contribution in [0.4, 0.5) is 5.69 Å². The van der Waals surface area contributed by atoms with Crippen molar-refractivity contribution in [3.63, 3.8) is 0 Å². The molecular formula is C15H13BrClNO6S. The predicted molar refractivity (Wildman–Crippen MR) is 96.5 cm³/mol. The number of halogens is 2. The lowest BCUT2D eigenvalue weighted by molar-refractivity contribution is 0.0697. The Kier molecular flexibility index (Phi) is 5.81. The highest BCUT2D eigenvalue weighted by Gasteiger charge is 2.25. The number of ether oxygens (including phenoxy) is 2. The van der Waals surface area contributed by atoms with Gasteiger partial charge in [0.2, 0.25) is 0 Å². The van der Waals surface area contributed by atoms with Gasteiger partial charge in [-0.3, -0.25) is 4.72 Å². The minimum absolute atomic E-state index is 0.00596. The molecule has 0 heterocycles. The molecule has 0 unspecified atom stereocenters. The molecule has 134 valence electrons. The van der Waals surface area contributed by atoms with Crippen LogP contribution in [0, 0.1) is 0 Å². The Balaban J connectivity index is 2.60. The van der Waals surface area contributed by atoms with Crippen LogP contribution in [0.1, 0.15) is 10.4 Å². The fourth-order valence-electron chi connectivity index (χ4n) is 2.03. The molecular weight excluding hydrogens is 438 g/mol. The van der Waals surface area contributed by atoms with Crippen LogP contribution in [-0.4, -0.2) is 33.7 Å². The number of sulfonamides is 1. The van der Waals surface area contributed by atoms with Gasteiger partial charge in [0.05, 0.1) is 24.8 Å². The van der Waals surface area contributed by atoms with Gasteiger partial charge >= 0.3 is 5.97 Å². The number of carboxylic acids is 1. The molecule has 0 bridgehead atoms. The van der Waals surface area contributed by atoms with E-state index in [9.17, 15) is 18.3 Å². The number of hydrogen-bond acceptors (Lipinski definition) is 5. The zero-order valence-electron chi connectivity index (χ0n) is 13.0. The largest absolute Gasteiger partial charge is 0.497 e. The molecule has 0 amide bonds. The molecule has 0 saturated heterocycles. The quantitative estimate of drug-likeness (QED) is 0.697. The monoisotopic (exact) mass is 449 g/mol. The van der Waals surface area contributed by atoms with E-state index in [2.05, 4.69) is 20.7 Å². The van der Waals surface area contributed by atoms with Crippen LogP contribution in [0.5, 0.6) is 11.5 Å². The highest BCUT2D eigenvalue weighted by atomic mass is 79.9. The highest BCUT2D eigenvalue weighted by Crippen LogP contribution is 2.36. The summed E-state index contributed by atoms with van der Waals surface area (Å²) in [5.74, 6) is -1.15. The number of hydrogen-bond donors (Lipinski definition) is 2. The maximum atomic E-state index is 12.6. The molecule has 0 saturated carbocycles. The second-order valence-electron chi connectivity index (χ2n) is 4.74. The molecule has 25 heavy (non-hydrogen) atoms. The zero-order chi connectivity index (χ0) is 18.8. The first kappa shape index (κ1) is 19.4. The van der Waals surface area contributed by atoms with Crippen LogP contribution in [0.15, 0.2) is 39.7 Å². The first-order valence-corrected chi connectivity index (χ1v) is 9.32. The lowest BCUT2D eigenvalue weighted by atomic mass is 10.1. The number of anilines is 1. The summed E-state index contributed by atoms with van der Waals surface area (Å²) in [6.07, 6.45) is 0. The molecule has 2 N–H and O–H groups in total. The van der Waals surface area contributed by atoms with Gasteiger partial charge in [0.15, 0.2) is 0 Å². The maximum absolute atomic E-state index is 12.6. The van der Waals surface area contributed by atoms with Crippen molar-refractivity contribution >= 4 is 49.2 Å². The lowest BCUT2D eigenvalue weighted by Gasteiger charge is -2.16. The molecule has 0 spiro atoms. The minimum Gasteiger partial charge on any atom is -0.497 e. The van der Waals surface area contributed by atoms with Gasteiger partial charge in [0, 0.05) is 10.5 Å². The van der Waals surface area contributed by atoms with Crippen molar-refractivity contribution in [1.82, 2.24) is 0 Å². The van der Waals surface area contributed by atoms with Gasteiger partial charge in [-0.15, -0.1) is 0 Å². The van der Waals surface area contributed by atoms with Crippen LogP contribution < -0.4 is 14.2 Å². The molecule has 0 aromatic heterocycles. The molecule has 0 fully saturated rings. The molecule has 0 aliphatic carbocycles. The third-order valence-electron chi connectivity index (χ3n) is 3.18. The minimum atomic E-state index is -4.16. The van der Waals surface area contributed by atoms with Gasteiger partial charge in [0.25, 0.3) is 10.0 Å². The SMILES string of the molecule is COc1cc(OC)c(NS(=O)(=O)c2ccc(Br)cc2Cl)c(C(=O)O)c1. The van der Waals surface area contributed by atoms with Crippen molar-refractivity contribution in [3.05, 3.63) is 45.4 Å². The third-order valence-corrected chi connectivity index (χ3v) is 5.51. The van der Waals surface area contributed by atoms with Crippen molar-refractivity contribution in [3.8, 4) is 11.5 Å². The van der Waals surface area contributed by atoms with E-state index >= 15 is 0 Å². The summed E-state index contributed by atoms with van der Waals surface area (Å²) in [6.45, 7) is 0. The Hall–Kier alpha value is -1.97. The molecule has 2 rings (SSSR count). The van der Waals surface area contributed by atoms with Crippen LogP contribution in [0.2, 0.25) is 5.02 Å². The van der Waals surface area contributed by atoms with E-state index < -0.39 is 16.0 Å². The number of carboxylic acid groups (broad SMARTS) is 1. The Morgan fingerprint density at radius 2 is 1.88 bits per heavy atom. The first-order chi connectivity index (χ1) is 11.7. The van der Waals surface area contributed by atoms with E-state index in [0.717, 1.165) is 0 Å². The zero-order valence-corrected chi connectivity index (χ0v) is 16.2. The average molecular weight is 451 g/mol. The normalized spacial score (nSPS) is 11.0. The van der Waals surface area contributed by atoms with E-state index in [0.29, 0.717) is 4.47 Å². The van der Waals surface area contributed by atoms with E-state index in [1.54, 1.807) is 0 Å². The summed E-state index contributed by atoms with van der Waals surface area (Å²) in [4.78, 5) is 11.3. The number of carbonyl (C=O) groups is 1. The maximum Gasteiger partial charge on any atom is 0.338 e. The van der Waals surface area contributed by atoms with Crippen LogP contribution in [0.3, 0.4) is 0 Å². The van der Waals surface area contributed by atoms with Crippen LogP contribution >= 0.6 is 27.5 Å². The molecule has 0 atom stereocenters. The van der Waals surface area contributed by atoms with E-state index in [-0.39, 0.29) is 32.7 Å². The fraction of sp³-hybridized carbons (Fsp3) is 0.133. The number of methoxy groups -OCH3 is 2. The van der Waals surface area contributed by atoms with Crippen molar-refractivity contribution in [2.45, 2.75) is 4.90 Å². The molecule has 2 aromatic rings. The second kappa shape index (κ2) is 7.51. The van der Waals surface area contributed by atoms with E-state index in [1.165, 1.54) is 44.6 Å². The molecule has 0 radical (unpaired) electrons. The highest BCUT2D eigenvalue weighted by molar-refractivity contribution is 9.10. The first-order valence-electron chi connectivity index (χ1n) is 6.66. The van der Waals surface area contributed by atoms with Crippen LogP contribution in [-0.2, 0) is 10.0 Å². The summed E-state index contributed by atoms with van der Waals surface area (Å²) in [7, 11) is -1.52. The Morgan fingerprint density at radius 1 is 1.20 bits per heavy atom. The van der Waals surface area contributed by atoms with Crippen molar-refractivity contribution in [1.29, 1.82) is 0 Å². The topological polar surface area (TPSA) is 102 Å². The Labute approximate surface area is 157 Å². The van der Waals surface area contributed by atoms with Crippen molar-refractivity contribution in [2.24, 2.45) is 0 Å². The Morgan fingerprint density at radius 3 is 2.40 bits per heavy atom. The lowest BCUT2D eigenvalue weighted by Crippen LogP contribution is -2.17. The molecule has 10 heteroatoms. The van der Waals surface area contributed by atoms with Gasteiger partial charge in [-0.25, -0.2) is 13.2 Å². The molecule has 7 nitrogen and oxygen atoms in total. The summed E-state index contributed by atoms with van der Waals surface area (Å²) >= 11 is 9.18. The predicted octanol–water partition coefficient (Wildman–Crippen LogP) is 3.62. The third kappa shape index (κ3) is 4.17. The van der Waals surface area contributed by atoms with E-state index in [1.807, 2.05) is 0 Å². The van der Waals surface area contributed by atoms with Gasteiger partial charge < -0.3 is 14.6 Å².